The molecule has 0 spiro atoms. The molecule has 1 atom stereocenters. The fourth-order valence-electron chi connectivity index (χ4n) is 2.13. The zero-order chi connectivity index (χ0) is 20.0. The summed E-state index contributed by atoms with van der Waals surface area (Å²) in [6.45, 7) is 3.57. The molecule has 0 bridgehead atoms. The van der Waals surface area contributed by atoms with Crippen molar-refractivity contribution in [3.63, 3.8) is 0 Å². The molecule has 0 fully saturated rings. The van der Waals surface area contributed by atoms with E-state index >= 15 is 0 Å². The lowest BCUT2D eigenvalue weighted by Gasteiger charge is -2.16. The van der Waals surface area contributed by atoms with Gasteiger partial charge in [-0.25, -0.2) is 0 Å². The van der Waals surface area contributed by atoms with Crippen molar-refractivity contribution >= 4 is 52.2 Å². The van der Waals surface area contributed by atoms with E-state index in [0.29, 0.717) is 10.8 Å². The van der Waals surface area contributed by atoms with Gasteiger partial charge in [-0.1, -0.05) is 30.1 Å². The summed E-state index contributed by atoms with van der Waals surface area (Å²) in [6.07, 6.45) is 0.0472. The van der Waals surface area contributed by atoms with Crippen LogP contribution < -0.4 is 10.1 Å². The van der Waals surface area contributed by atoms with Crippen LogP contribution in [0.25, 0.3) is 0 Å². The maximum Gasteiger partial charge on any atom is 0.292 e. The first-order chi connectivity index (χ1) is 12.8. The molecule has 1 N–H and O–H groups in total. The van der Waals surface area contributed by atoms with Crippen molar-refractivity contribution in [1.82, 2.24) is 0 Å². The lowest BCUT2D eigenvalue weighted by atomic mass is 10.2. The van der Waals surface area contributed by atoms with Crippen LogP contribution in [-0.2, 0) is 4.79 Å². The van der Waals surface area contributed by atoms with Crippen molar-refractivity contribution in [2.24, 2.45) is 0 Å². The first kappa shape index (κ1) is 21.3. The predicted molar refractivity (Wildman–Crippen MR) is 109 cm³/mol. The lowest BCUT2D eigenvalue weighted by molar-refractivity contribution is -0.384. The van der Waals surface area contributed by atoms with Gasteiger partial charge in [0.1, 0.15) is 11.4 Å². The minimum atomic E-state index is -0.921. The highest BCUT2D eigenvalue weighted by Crippen LogP contribution is 2.31. The lowest BCUT2D eigenvalue weighted by Crippen LogP contribution is -2.30. The largest absolute Gasteiger partial charge is 0.479 e. The third-order valence-electron chi connectivity index (χ3n) is 3.46. The van der Waals surface area contributed by atoms with Crippen LogP contribution in [0.4, 0.5) is 11.4 Å². The molecule has 27 heavy (non-hydrogen) atoms. The summed E-state index contributed by atoms with van der Waals surface area (Å²) in [5, 5.41) is 14.5. The Morgan fingerprint density at radius 1 is 1.30 bits per heavy atom. The molecule has 0 saturated heterocycles. The highest BCUT2D eigenvalue weighted by Gasteiger charge is 2.21. The number of nitrogens with one attached hydrogen (secondary N) is 1. The van der Waals surface area contributed by atoms with Crippen LogP contribution in [-0.4, -0.2) is 22.7 Å². The van der Waals surface area contributed by atoms with Crippen LogP contribution in [0.1, 0.15) is 20.3 Å². The van der Waals surface area contributed by atoms with Crippen LogP contribution in [0.3, 0.4) is 0 Å². The van der Waals surface area contributed by atoms with E-state index in [-0.39, 0.29) is 16.4 Å². The molecular weight excluding hydrogens is 411 g/mol. The molecule has 2 aromatic rings. The average molecular weight is 429 g/mol. The number of hydrogen-bond donors (Lipinski definition) is 1. The quantitative estimate of drug-likeness (QED) is 0.325. The maximum atomic E-state index is 12.5. The summed E-state index contributed by atoms with van der Waals surface area (Å²) in [6, 6.07) is 9.29. The number of rotatable bonds is 8. The monoisotopic (exact) mass is 428 g/mol. The van der Waals surface area contributed by atoms with Gasteiger partial charge in [-0.3, -0.25) is 14.9 Å². The Morgan fingerprint density at radius 2 is 2.04 bits per heavy atom. The van der Waals surface area contributed by atoms with Gasteiger partial charge in [0, 0.05) is 16.0 Å². The van der Waals surface area contributed by atoms with Crippen LogP contribution >= 0.6 is 35.0 Å². The number of nitrogens with zero attached hydrogens (tertiary/aromatic N) is 1. The highest BCUT2D eigenvalue weighted by atomic mass is 35.5. The maximum absolute atomic E-state index is 12.5. The van der Waals surface area contributed by atoms with Gasteiger partial charge < -0.3 is 10.1 Å². The number of anilines is 1. The van der Waals surface area contributed by atoms with Crippen molar-refractivity contribution in [2.75, 3.05) is 11.1 Å². The predicted octanol–water partition coefficient (Wildman–Crippen LogP) is 5.81. The summed E-state index contributed by atoms with van der Waals surface area (Å²) in [4.78, 5) is 24.0. The van der Waals surface area contributed by atoms with Gasteiger partial charge in [-0.15, -0.1) is 11.8 Å². The van der Waals surface area contributed by atoms with E-state index in [1.165, 1.54) is 19.1 Å². The molecule has 0 aliphatic carbocycles. The molecule has 9 heteroatoms. The standard InChI is InChI=1S/C18H18Cl2N2O4S/c1-3-8-27-13-5-6-16(22(24)25)15(10-13)21-18(23)11(2)26-17-7-4-12(19)9-14(17)20/h4-7,9-11H,3,8H2,1-2H3,(H,21,23)/t11-/m0/s1. The normalized spacial score (nSPS) is 11.7. The second-order valence-corrected chi connectivity index (χ2v) is 7.62. The van der Waals surface area contributed by atoms with Crippen LogP contribution in [0.15, 0.2) is 41.3 Å². The Labute approximate surface area is 171 Å². The van der Waals surface area contributed by atoms with Gasteiger partial charge in [-0.2, -0.15) is 0 Å². The number of thioether (sulfide) groups is 1. The molecule has 0 heterocycles. The third kappa shape index (κ3) is 6.02. The summed E-state index contributed by atoms with van der Waals surface area (Å²) in [5.74, 6) is 0.645. The molecule has 2 aromatic carbocycles. The van der Waals surface area contributed by atoms with Crippen molar-refractivity contribution in [3.05, 3.63) is 56.6 Å². The third-order valence-corrected chi connectivity index (χ3v) is 5.19. The fraction of sp³-hybridized carbons (Fsp3) is 0.278. The number of carbonyl (C=O) groups is 1. The number of carbonyl (C=O) groups excluding carboxylic acids is 1. The SMILES string of the molecule is CCCSc1ccc([N+](=O)[O-])c(NC(=O)[C@H](C)Oc2ccc(Cl)cc2Cl)c1. The molecule has 0 aliphatic rings. The molecule has 6 nitrogen and oxygen atoms in total. The molecule has 144 valence electrons. The molecule has 0 saturated carbocycles. The zero-order valence-corrected chi connectivity index (χ0v) is 17.0. The minimum absolute atomic E-state index is 0.128. The van der Waals surface area contributed by atoms with E-state index < -0.39 is 16.9 Å². The number of halogens is 2. The van der Waals surface area contributed by atoms with E-state index in [2.05, 4.69) is 5.32 Å². The summed E-state index contributed by atoms with van der Waals surface area (Å²) in [7, 11) is 0. The minimum Gasteiger partial charge on any atom is -0.479 e. The Balaban J connectivity index is 2.16. The second kappa shape index (κ2) is 9.82. The number of nitro benzene ring substituents is 1. The Kier molecular flexibility index (Phi) is 7.77. The van der Waals surface area contributed by atoms with Crippen molar-refractivity contribution < 1.29 is 14.5 Å². The fourth-order valence-corrected chi connectivity index (χ4v) is 3.39. The topological polar surface area (TPSA) is 81.5 Å². The molecule has 0 aliphatic heterocycles. The summed E-state index contributed by atoms with van der Waals surface area (Å²) < 4.78 is 5.55. The Bertz CT molecular complexity index is 848. The molecule has 0 aromatic heterocycles. The van der Waals surface area contributed by atoms with Crippen molar-refractivity contribution in [2.45, 2.75) is 31.3 Å². The number of benzene rings is 2. The molecule has 1 amide bonds. The number of hydrogen-bond acceptors (Lipinski definition) is 5. The van der Waals surface area contributed by atoms with Crippen molar-refractivity contribution in [1.29, 1.82) is 0 Å². The van der Waals surface area contributed by atoms with E-state index in [0.717, 1.165) is 17.1 Å². The van der Waals surface area contributed by atoms with Gasteiger partial charge in [-0.05, 0) is 49.4 Å². The van der Waals surface area contributed by atoms with Gasteiger partial charge >= 0.3 is 0 Å². The van der Waals surface area contributed by atoms with Gasteiger partial charge in [0.2, 0.25) is 0 Å². The van der Waals surface area contributed by atoms with E-state index in [9.17, 15) is 14.9 Å². The Hall–Kier alpha value is -1.96. The first-order valence-electron chi connectivity index (χ1n) is 8.15. The summed E-state index contributed by atoms with van der Waals surface area (Å²) >= 11 is 13.4. The van der Waals surface area contributed by atoms with Crippen LogP contribution in [0.5, 0.6) is 5.75 Å². The van der Waals surface area contributed by atoms with Gasteiger partial charge in [0.05, 0.1) is 9.95 Å². The molecule has 2 rings (SSSR count). The number of ether oxygens (including phenoxy) is 1. The highest BCUT2D eigenvalue weighted by molar-refractivity contribution is 7.99. The molecule has 0 radical (unpaired) electrons. The van der Waals surface area contributed by atoms with Crippen LogP contribution in [0.2, 0.25) is 10.0 Å². The number of nitro groups is 1. The molecule has 0 unspecified atom stereocenters. The van der Waals surface area contributed by atoms with Gasteiger partial charge in [0.15, 0.2) is 6.10 Å². The molecular formula is C18H18Cl2N2O4S. The van der Waals surface area contributed by atoms with E-state index in [4.69, 9.17) is 27.9 Å². The zero-order valence-electron chi connectivity index (χ0n) is 14.7. The van der Waals surface area contributed by atoms with E-state index in [1.54, 1.807) is 36.0 Å². The van der Waals surface area contributed by atoms with Crippen molar-refractivity contribution in [3.8, 4) is 5.75 Å². The van der Waals surface area contributed by atoms with Gasteiger partial charge in [0.25, 0.3) is 11.6 Å². The van der Waals surface area contributed by atoms with Crippen LogP contribution in [0, 0.1) is 10.1 Å². The number of amides is 1. The smallest absolute Gasteiger partial charge is 0.292 e. The second-order valence-electron chi connectivity index (χ2n) is 5.61. The van der Waals surface area contributed by atoms with E-state index in [1.807, 2.05) is 6.92 Å². The average Bonchev–Trinajstić information content (AvgIpc) is 2.62. The summed E-state index contributed by atoms with van der Waals surface area (Å²) in [5.41, 5.74) is -0.0512. The Morgan fingerprint density at radius 3 is 2.67 bits per heavy atom. The first-order valence-corrected chi connectivity index (χ1v) is 9.89.